The van der Waals surface area contributed by atoms with Gasteiger partial charge in [-0.2, -0.15) is 0 Å². The van der Waals surface area contributed by atoms with E-state index < -0.39 is 6.09 Å². The Morgan fingerprint density at radius 1 is 1.36 bits per heavy atom. The summed E-state index contributed by atoms with van der Waals surface area (Å²) in [6, 6.07) is 0. The summed E-state index contributed by atoms with van der Waals surface area (Å²) in [6.07, 6.45) is 2.31. The predicted octanol–water partition coefficient (Wildman–Crippen LogP) is 1.00. The van der Waals surface area contributed by atoms with E-state index in [9.17, 15) is 4.79 Å². The van der Waals surface area contributed by atoms with Gasteiger partial charge in [-0.05, 0) is 37.0 Å². The minimum absolute atomic E-state index is 0.309. The number of aliphatic hydroxyl groups excluding tert-OH is 1. The van der Waals surface area contributed by atoms with E-state index in [0.717, 1.165) is 19.3 Å². The largest absolute Gasteiger partial charge is 0.465 e. The SMILES string of the molecule is O=C(O)N1CCC([C@H]2C[C@H]2CO)CC1. The van der Waals surface area contributed by atoms with Crippen LogP contribution in [0.2, 0.25) is 0 Å². The Kier molecular flexibility index (Phi) is 2.63. The van der Waals surface area contributed by atoms with Crippen LogP contribution in [0.5, 0.6) is 0 Å². The van der Waals surface area contributed by atoms with Crippen LogP contribution in [0.15, 0.2) is 0 Å². The van der Waals surface area contributed by atoms with Crippen molar-refractivity contribution in [3.63, 3.8) is 0 Å². The standard InChI is InChI=1S/C10H17NO3/c12-6-8-5-9(8)7-1-3-11(4-2-7)10(13)14/h7-9,12H,1-6H2,(H,13,14)/t8-,9+/m0/s1. The van der Waals surface area contributed by atoms with Crippen molar-refractivity contribution in [1.82, 2.24) is 4.90 Å². The maximum Gasteiger partial charge on any atom is 0.407 e. The Bertz CT molecular complexity index is 223. The summed E-state index contributed by atoms with van der Waals surface area (Å²) in [5.41, 5.74) is 0. The second kappa shape index (κ2) is 3.77. The first-order chi connectivity index (χ1) is 6.72. The molecule has 0 unspecified atom stereocenters. The zero-order valence-corrected chi connectivity index (χ0v) is 8.22. The van der Waals surface area contributed by atoms with Crippen LogP contribution in [0.3, 0.4) is 0 Å². The van der Waals surface area contributed by atoms with E-state index in [1.807, 2.05) is 0 Å². The molecule has 1 heterocycles. The fraction of sp³-hybridized carbons (Fsp3) is 0.900. The molecule has 2 aliphatic rings. The summed E-state index contributed by atoms with van der Waals surface area (Å²) in [5.74, 6) is 1.84. The lowest BCUT2D eigenvalue weighted by molar-refractivity contribution is 0.118. The number of piperidine rings is 1. The number of amides is 1. The predicted molar refractivity (Wildman–Crippen MR) is 51.0 cm³/mol. The molecule has 14 heavy (non-hydrogen) atoms. The molecule has 0 bridgehead atoms. The van der Waals surface area contributed by atoms with E-state index in [0.29, 0.717) is 37.5 Å². The zero-order chi connectivity index (χ0) is 10.1. The zero-order valence-electron chi connectivity index (χ0n) is 8.22. The quantitative estimate of drug-likeness (QED) is 0.697. The molecule has 2 fully saturated rings. The van der Waals surface area contributed by atoms with Crippen LogP contribution in [0, 0.1) is 17.8 Å². The van der Waals surface area contributed by atoms with Crippen molar-refractivity contribution in [2.45, 2.75) is 19.3 Å². The summed E-state index contributed by atoms with van der Waals surface area (Å²) in [4.78, 5) is 12.1. The summed E-state index contributed by atoms with van der Waals surface area (Å²) in [6.45, 7) is 1.66. The van der Waals surface area contributed by atoms with Crippen molar-refractivity contribution in [2.75, 3.05) is 19.7 Å². The second-order valence-electron chi connectivity index (χ2n) is 4.45. The number of nitrogens with zero attached hydrogens (tertiary/aromatic N) is 1. The molecule has 1 aliphatic carbocycles. The maximum atomic E-state index is 10.7. The van der Waals surface area contributed by atoms with Gasteiger partial charge in [0.1, 0.15) is 0 Å². The van der Waals surface area contributed by atoms with Crippen molar-refractivity contribution >= 4 is 6.09 Å². The molecule has 0 aromatic carbocycles. The lowest BCUT2D eigenvalue weighted by atomic mass is 9.91. The van der Waals surface area contributed by atoms with Crippen LogP contribution in [0.4, 0.5) is 4.79 Å². The van der Waals surface area contributed by atoms with Crippen molar-refractivity contribution in [1.29, 1.82) is 0 Å². The Hall–Kier alpha value is -0.770. The average Bonchev–Trinajstić information content (AvgIpc) is 2.97. The van der Waals surface area contributed by atoms with E-state index >= 15 is 0 Å². The van der Waals surface area contributed by atoms with E-state index in [1.165, 1.54) is 4.90 Å². The smallest absolute Gasteiger partial charge is 0.407 e. The second-order valence-corrected chi connectivity index (χ2v) is 4.45. The van der Waals surface area contributed by atoms with Crippen molar-refractivity contribution < 1.29 is 15.0 Å². The molecule has 2 N–H and O–H groups in total. The third kappa shape index (κ3) is 1.85. The van der Waals surface area contributed by atoms with Gasteiger partial charge in [0.25, 0.3) is 0 Å². The van der Waals surface area contributed by atoms with Crippen LogP contribution >= 0.6 is 0 Å². The Morgan fingerprint density at radius 2 is 2.00 bits per heavy atom. The number of carbonyl (C=O) groups is 1. The highest BCUT2D eigenvalue weighted by Gasteiger charge is 2.43. The summed E-state index contributed by atoms with van der Waals surface area (Å²) < 4.78 is 0. The van der Waals surface area contributed by atoms with Gasteiger partial charge in [0, 0.05) is 19.7 Å². The highest BCUT2D eigenvalue weighted by Crippen LogP contribution is 2.47. The first-order valence-electron chi connectivity index (χ1n) is 5.31. The van der Waals surface area contributed by atoms with Gasteiger partial charge in [-0.1, -0.05) is 0 Å². The molecule has 2 atom stereocenters. The molecule has 1 amide bonds. The molecule has 0 radical (unpaired) electrons. The van der Waals surface area contributed by atoms with Crippen LogP contribution in [-0.2, 0) is 0 Å². The molecule has 0 aromatic rings. The van der Waals surface area contributed by atoms with Gasteiger partial charge in [-0.25, -0.2) is 4.79 Å². The van der Waals surface area contributed by atoms with E-state index in [4.69, 9.17) is 10.2 Å². The molecule has 0 aromatic heterocycles. The topological polar surface area (TPSA) is 60.8 Å². The fourth-order valence-corrected chi connectivity index (χ4v) is 2.58. The average molecular weight is 199 g/mol. The third-order valence-electron chi connectivity index (χ3n) is 3.63. The molecule has 4 heteroatoms. The first kappa shape index (κ1) is 9.77. The van der Waals surface area contributed by atoms with Gasteiger partial charge >= 0.3 is 6.09 Å². The maximum absolute atomic E-state index is 10.7. The van der Waals surface area contributed by atoms with Gasteiger partial charge in [0.05, 0.1) is 0 Å². The van der Waals surface area contributed by atoms with Gasteiger partial charge in [0.2, 0.25) is 0 Å². The van der Waals surface area contributed by atoms with Crippen molar-refractivity contribution in [3.05, 3.63) is 0 Å². The Morgan fingerprint density at radius 3 is 2.43 bits per heavy atom. The first-order valence-corrected chi connectivity index (χ1v) is 5.31. The highest BCUT2D eigenvalue weighted by molar-refractivity contribution is 5.64. The number of hydrogen-bond donors (Lipinski definition) is 2. The molecule has 0 spiro atoms. The molecule has 1 saturated carbocycles. The minimum Gasteiger partial charge on any atom is -0.465 e. The molecule has 80 valence electrons. The molecule has 1 saturated heterocycles. The van der Waals surface area contributed by atoms with Crippen LogP contribution in [0.25, 0.3) is 0 Å². The normalized spacial score (nSPS) is 33.1. The Balaban J connectivity index is 1.77. The van der Waals surface area contributed by atoms with Crippen LogP contribution < -0.4 is 0 Å². The molecular weight excluding hydrogens is 182 g/mol. The Labute approximate surface area is 83.5 Å². The van der Waals surface area contributed by atoms with E-state index in [-0.39, 0.29) is 0 Å². The number of aliphatic hydroxyl groups is 1. The molecular formula is C10H17NO3. The van der Waals surface area contributed by atoms with Crippen LogP contribution in [-0.4, -0.2) is 40.9 Å². The lowest BCUT2D eigenvalue weighted by Gasteiger charge is -2.30. The van der Waals surface area contributed by atoms with Crippen molar-refractivity contribution in [2.24, 2.45) is 17.8 Å². The minimum atomic E-state index is -0.794. The molecule has 4 nitrogen and oxygen atoms in total. The number of carboxylic acid groups (broad SMARTS) is 1. The van der Waals surface area contributed by atoms with E-state index in [1.54, 1.807) is 0 Å². The summed E-state index contributed by atoms with van der Waals surface area (Å²) in [7, 11) is 0. The molecule has 1 aliphatic heterocycles. The number of hydrogen-bond acceptors (Lipinski definition) is 2. The summed E-state index contributed by atoms with van der Waals surface area (Å²) in [5, 5.41) is 17.7. The number of likely N-dealkylation sites (tertiary alicyclic amines) is 1. The molecule has 2 rings (SSSR count). The van der Waals surface area contributed by atoms with Gasteiger partial charge in [0.15, 0.2) is 0 Å². The lowest BCUT2D eigenvalue weighted by Crippen LogP contribution is -2.38. The van der Waals surface area contributed by atoms with Gasteiger partial charge in [-0.3, -0.25) is 0 Å². The van der Waals surface area contributed by atoms with Crippen LogP contribution in [0.1, 0.15) is 19.3 Å². The highest BCUT2D eigenvalue weighted by atomic mass is 16.4. The van der Waals surface area contributed by atoms with Gasteiger partial charge < -0.3 is 15.1 Å². The van der Waals surface area contributed by atoms with Gasteiger partial charge in [-0.15, -0.1) is 0 Å². The van der Waals surface area contributed by atoms with Crippen molar-refractivity contribution in [3.8, 4) is 0 Å². The third-order valence-corrected chi connectivity index (χ3v) is 3.63. The monoisotopic (exact) mass is 199 g/mol. The fourth-order valence-electron chi connectivity index (χ4n) is 2.58. The number of rotatable bonds is 2. The van der Waals surface area contributed by atoms with E-state index in [2.05, 4.69) is 0 Å². The summed E-state index contributed by atoms with van der Waals surface area (Å²) >= 11 is 0.